The lowest BCUT2D eigenvalue weighted by atomic mass is 10.1. The van der Waals surface area contributed by atoms with Gasteiger partial charge in [-0.05, 0) is 6.42 Å². The number of aliphatic hydroxyl groups is 1. The highest BCUT2D eigenvalue weighted by Gasteiger charge is 2.17. The molecule has 1 heterocycles. The fraction of sp³-hybridized carbons (Fsp3) is 0.800. The van der Waals surface area contributed by atoms with E-state index in [0.29, 0.717) is 0 Å². The molecule has 1 fully saturated rings. The summed E-state index contributed by atoms with van der Waals surface area (Å²) in [6, 6.07) is 0. The summed E-state index contributed by atoms with van der Waals surface area (Å²) in [5.74, 6) is 1.34. The van der Waals surface area contributed by atoms with Crippen LogP contribution < -0.4 is 0 Å². The van der Waals surface area contributed by atoms with E-state index in [-0.39, 0.29) is 6.61 Å². The Balaban J connectivity index is 1.93. The van der Waals surface area contributed by atoms with E-state index in [4.69, 9.17) is 9.84 Å². The van der Waals surface area contributed by atoms with E-state index in [9.17, 15) is 0 Å². The zero-order chi connectivity index (χ0) is 5.11. The second kappa shape index (κ2) is 2.28. The van der Waals surface area contributed by atoms with Crippen LogP contribution in [0, 0.1) is 5.92 Å². The third-order valence-electron chi connectivity index (χ3n) is 1.08. The SMILES string of the molecule is OCC[C]1COC1. The van der Waals surface area contributed by atoms with Crippen molar-refractivity contribution in [1.29, 1.82) is 0 Å². The summed E-state index contributed by atoms with van der Waals surface area (Å²) in [7, 11) is 0. The molecule has 0 aliphatic carbocycles. The summed E-state index contributed by atoms with van der Waals surface area (Å²) in [5, 5.41) is 8.33. The number of hydrogen-bond donors (Lipinski definition) is 1. The minimum Gasteiger partial charge on any atom is -0.396 e. The Morgan fingerprint density at radius 2 is 2.29 bits per heavy atom. The van der Waals surface area contributed by atoms with Crippen molar-refractivity contribution in [2.24, 2.45) is 0 Å². The van der Waals surface area contributed by atoms with Gasteiger partial charge in [-0.1, -0.05) is 0 Å². The molecule has 0 aromatic heterocycles. The molecule has 0 aromatic carbocycles. The molecule has 1 aliphatic rings. The Kier molecular flexibility index (Phi) is 1.65. The van der Waals surface area contributed by atoms with Gasteiger partial charge >= 0.3 is 0 Å². The highest BCUT2D eigenvalue weighted by atomic mass is 16.5. The maximum absolute atomic E-state index is 8.33. The first-order valence-electron chi connectivity index (χ1n) is 2.45. The molecule has 0 unspecified atom stereocenters. The fourth-order valence-corrected chi connectivity index (χ4v) is 0.549. The molecule has 7 heavy (non-hydrogen) atoms. The first-order chi connectivity index (χ1) is 3.43. The van der Waals surface area contributed by atoms with Crippen molar-refractivity contribution in [1.82, 2.24) is 0 Å². The Labute approximate surface area is 43.1 Å². The van der Waals surface area contributed by atoms with Gasteiger partial charge < -0.3 is 9.84 Å². The van der Waals surface area contributed by atoms with Crippen LogP contribution in [0.5, 0.6) is 0 Å². The molecular formula is C5H9O2. The molecule has 0 spiro atoms. The quantitative estimate of drug-likeness (QED) is 0.529. The average Bonchev–Trinajstić information content (AvgIpc) is 1.55. The average molecular weight is 101 g/mol. The predicted molar refractivity (Wildman–Crippen MR) is 25.8 cm³/mol. The molecule has 2 nitrogen and oxygen atoms in total. The van der Waals surface area contributed by atoms with Crippen molar-refractivity contribution in [3.05, 3.63) is 5.92 Å². The van der Waals surface area contributed by atoms with Gasteiger partial charge in [-0.25, -0.2) is 0 Å². The smallest absolute Gasteiger partial charge is 0.0552 e. The zero-order valence-electron chi connectivity index (χ0n) is 4.18. The number of rotatable bonds is 2. The van der Waals surface area contributed by atoms with E-state index >= 15 is 0 Å². The monoisotopic (exact) mass is 101 g/mol. The van der Waals surface area contributed by atoms with Gasteiger partial charge in [0.05, 0.1) is 13.2 Å². The normalized spacial score (nSPS) is 21.9. The van der Waals surface area contributed by atoms with Gasteiger partial charge in [-0.15, -0.1) is 0 Å². The molecule has 0 aromatic rings. The summed E-state index contributed by atoms with van der Waals surface area (Å²) in [6.07, 6.45) is 0.833. The molecule has 1 N–H and O–H groups in total. The summed E-state index contributed by atoms with van der Waals surface area (Å²) in [4.78, 5) is 0. The highest BCUT2D eigenvalue weighted by molar-refractivity contribution is 4.95. The lowest BCUT2D eigenvalue weighted by Crippen LogP contribution is -2.25. The molecule has 2 heteroatoms. The van der Waals surface area contributed by atoms with Crippen LogP contribution in [0.4, 0.5) is 0 Å². The standard InChI is InChI=1S/C5H9O2/c6-2-1-5-3-7-4-5/h6H,1-4H2. The van der Waals surface area contributed by atoms with Gasteiger partial charge in [0.1, 0.15) is 0 Å². The number of aliphatic hydroxyl groups excluding tert-OH is 1. The molecule has 0 amide bonds. The molecule has 41 valence electrons. The van der Waals surface area contributed by atoms with E-state index < -0.39 is 0 Å². The minimum absolute atomic E-state index is 0.276. The van der Waals surface area contributed by atoms with Crippen molar-refractivity contribution in [3.63, 3.8) is 0 Å². The van der Waals surface area contributed by atoms with Gasteiger partial charge in [0, 0.05) is 12.5 Å². The molecular weight excluding hydrogens is 92.1 g/mol. The number of hydrogen-bond acceptors (Lipinski definition) is 2. The lowest BCUT2D eigenvalue weighted by Gasteiger charge is -2.23. The van der Waals surface area contributed by atoms with Crippen LogP contribution in [-0.2, 0) is 4.74 Å². The van der Waals surface area contributed by atoms with E-state index in [2.05, 4.69) is 0 Å². The van der Waals surface area contributed by atoms with Gasteiger partial charge in [-0.2, -0.15) is 0 Å². The van der Waals surface area contributed by atoms with Gasteiger partial charge in [0.25, 0.3) is 0 Å². The number of ether oxygens (including phenoxy) is 1. The van der Waals surface area contributed by atoms with E-state index in [1.54, 1.807) is 0 Å². The van der Waals surface area contributed by atoms with Crippen molar-refractivity contribution in [2.45, 2.75) is 6.42 Å². The molecule has 1 saturated heterocycles. The highest BCUT2D eigenvalue weighted by Crippen LogP contribution is 2.15. The van der Waals surface area contributed by atoms with Crippen LogP contribution in [0.2, 0.25) is 0 Å². The third kappa shape index (κ3) is 1.14. The lowest BCUT2D eigenvalue weighted by molar-refractivity contribution is 0.0529. The van der Waals surface area contributed by atoms with Crippen LogP contribution in [0.15, 0.2) is 0 Å². The largest absolute Gasteiger partial charge is 0.396 e. The topological polar surface area (TPSA) is 29.5 Å². The van der Waals surface area contributed by atoms with Gasteiger partial charge in [0.15, 0.2) is 0 Å². The first kappa shape index (κ1) is 5.06. The van der Waals surface area contributed by atoms with Crippen LogP contribution in [0.3, 0.4) is 0 Å². The van der Waals surface area contributed by atoms with Crippen molar-refractivity contribution in [3.8, 4) is 0 Å². The predicted octanol–water partition coefficient (Wildman–Crippen LogP) is -0.0265. The summed E-state index contributed by atoms with van der Waals surface area (Å²) in [6.45, 7) is 1.83. The Hall–Kier alpha value is -0.0800. The second-order valence-electron chi connectivity index (χ2n) is 1.72. The third-order valence-corrected chi connectivity index (χ3v) is 1.08. The summed E-state index contributed by atoms with van der Waals surface area (Å²) < 4.78 is 4.84. The minimum atomic E-state index is 0.276. The van der Waals surface area contributed by atoms with Gasteiger partial charge in [0.2, 0.25) is 0 Å². The van der Waals surface area contributed by atoms with E-state index in [1.807, 2.05) is 0 Å². The maximum Gasteiger partial charge on any atom is 0.0552 e. The first-order valence-corrected chi connectivity index (χ1v) is 2.45. The van der Waals surface area contributed by atoms with Crippen molar-refractivity contribution in [2.75, 3.05) is 19.8 Å². The molecule has 1 rings (SSSR count). The summed E-state index contributed by atoms with van der Waals surface area (Å²) >= 11 is 0. The zero-order valence-corrected chi connectivity index (χ0v) is 4.18. The molecule has 0 saturated carbocycles. The fourth-order valence-electron chi connectivity index (χ4n) is 0.549. The van der Waals surface area contributed by atoms with Crippen molar-refractivity contribution >= 4 is 0 Å². The molecule has 0 bridgehead atoms. The maximum atomic E-state index is 8.33. The van der Waals surface area contributed by atoms with Crippen LogP contribution in [0.1, 0.15) is 6.42 Å². The van der Waals surface area contributed by atoms with Crippen LogP contribution >= 0.6 is 0 Å². The molecule has 1 aliphatic heterocycles. The Morgan fingerprint density at radius 1 is 1.57 bits per heavy atom. The second-order valence-corrected chi connectivity index (χ2v) is 1.72. The Bertz CT molecular complexity index is 50.0. The van der Waals surface area contributed by atoms with E-state index in [1.165, 1.54) is 5.92 Å². The summed E-state index contributed by atoms with van der Waals surface area (Å²) in [5.41, 5.74) is 0. The molecule has 0 atom stereocenters. The van der Waals surface area contributed by atoms with E-state index in [0.717, 1.165) is 19.6 Å². The van der Waals surface area contributed by atoms with Crippen LogP contribution in [0.25, 0.3) is 0 Å². The molecule has 1 radical (unpaired) electrons. The van der Waals surface area contributed by atoms with Crippen LogP contribution in [-0.4, -0.2) is 24.9 Å². The Morgan fingerprint density at radius 3 is 2.43 bits per heavy atom. The van der Waals surface area contributed by atoms with Crippen molar-refractivity contribution < 1.29 is 9.84 Å². The van der Waals surface area contributed by atoms with Gasteiger partial charge in [-0.3, -0.25) is 0 Å².